The Morgan fingerprint density at radius 1 is 1.30 bits per heavy atom. The predicted molar refractivity (Wildman–Crippen MR) is 93.7 cm³/mol. The zero-order valence-electron chi connectivity index (χ0n) is 12.6. The standard InChI is InChI=1S/C15H18Cl2N2O3.ClH/c1-9(19-6-4-10(5-7-19)15(21)22)14(20)18-13-3-2-11(16)8-12(13)17;/h2-3,8-10H,4-7H2,1H3,(H,18,20)(H,21,22);1H. The van der Waals surface area contributed by atoms with E-state index in [0.29, 0.717) is 41.7 Å². The van der Waals surface area contributed by atoms with Gasteiger partial charge in [0.25, 0.3) is 0 Å². The lowest BCUT2D eigenvalue weighted by molar-refractivity contribution is -0.143. The molecule has 1 aromatic carbocycles. The van der Waals surface area contributed by atoms with E-state index in [1.807, 2.05) is 4.90 Å². The number of carboxylic acids is 1. The van der Waals surface area contributed by atoms with Gasteiger partial charge in [-0.05, 0) is 51.1 Å². The minimum absolute atomic E-state index is 0. The molecule has 8 heteroatoms. The quantitative estimate of drug-likeness (QED) is 0.837. The SMILES string of the molecule is CC(C(=O)Nc1ccc(Cl)cc1Cl)N1CCC(C(=O)O)CC1.Cl. The maximum absolute atomic E-state index is 12.3. The van der Waals surface area contributed by atoms with E-state index in [9.17, 15) is 9.59 Å². The Balaban J connectivity index is 0.00000264. The van der Waals surface area contributed by atoms with Crippen LogP contribution in [0.15, 0.2) is 18.2 Å². The maximum Gasteiger partial charge on any atom is 0.306 e. The van der Waals surface area contributed by atoms with Gasteiger partial charge in [0.2, 0.25) is 5.91 Å². The van der Waals surface area contributed by atoms with Crippen LogP contribution in [0, 0.1) is 5.92 Å². The van der Waals surface area contributed by atoms with E-state index in [4.69, 9.17) is 28.3 Å². The van der Waals surface area contributed by atoms with Gasteiger partial charge in [-0.15, -0.1) is 12.4 Å². The highest BCUT2D eigenvalue weighted by Gasteiger charge is 2.29. The van der Waals surface area contributed by atoms with Crippen LogP contribution < -0.4 is 5.32 Å². The zero-order chi connectivity index (χ0) is 16.3. The van der Waals surface area contributed by atoms with Crippen molar-refractivity contribution in [3.05, 3.63) is 28.2 Å². The van der Waals surface area contributed by atoms with Crippen LogP contribution in [0.2, 0.25) is 10.0 Å². The number of carbonyl (C=O) groups is 2. The fourth-order valence-corrected chi connectivity index (χ4v) is 2.98. The Bertz CT molecular complexity index is 575. The second-order valence-electron chi connectivity index (χ2n) is 5.44. The number of hydrogen-bond acceptors (Lipinski definition) is 3. The van der Waals surface area contributed by atoms with Crippen molar-refractivity contribution in [2.75, 3.05) is 18.4 Å². The number of halogens is 3. The van der Waals surface area contributed by atoms with E-state index in [-0.39, 0.29) is 30.3 Å². The Morgan fingerprint density at radius 3 is 2.43 bits per heavy atom. The first-order chi connectivity index (χ1) is 10.4. The van der Waals surface area contributed by atoms with Crippen LogP contribution in [0.1, 0.15) is 19.8 Å². The number of carboxylic acid groups (broad SMARTS) is 1. The maximum atomic E-state index is 12.3. The third-order valence-corrected chi connectivity index (χ3v) is 4.54. The second-order valence-corrected chi connectivity index (χ2v) is 6.28. The smallest absolute Gasteiger partial charge is 0.306 e. The van der Waals surface area contributed by atoms with E-state index in [2.05, 4.69) is 5.32 Å². The minimum Gasteiger partial charge on any atom is -0.481 e. The Labute approximate surface area is 151 Å². The Kier molecular flexibility index (Phi) is 7.61. The average molecular weight is 382 g/mol. The van der Waals surface area contributed by atoms with Crippen LogP contribution in [0.3, 0.4) is 0 Å². The van der Waals surface area contributed by atoms with Crippen molar-refractivity contribution in [2.45, 2.75) is 25.8 Å². The summed E-state index contributed by atoms with van der Waals surface area (Å²) in [4.78, 5) is 25.2. The van der Waals surface area contributed by atoms with Crippen LogP contribution in [0.25, 0.3) is 0 Å². The van der Waals surface area contributed by atoms with E-state index >= 15 is 0 Å². The van der Waals surface area contributed by atoms with E-state index in [1.54, 1.807) is 25.1 Å². The third kappa shape index (κ3) is 5.24. The van der Waals surface area contributed by atoms with Gasteiger partial charge in [-0.25, -0.2) is 0 Å². The third-order valence-electron chi connectivity index (χ3n) is 3.99. The first kappa shape index (κ1) is 20.0. The molecule has 2 rings (SSSR count). The number of amides is 1. The largest absolute Gasteiger partial charge is 0.481 e. The van der Waals surface area contributed by atoms with Crippen molar-refractivity contribution in [1.82, 2.24) is 4.90 Å². The van der Waals surface area contributed by atoms with Gasteiger partial charge in [-0.2, -0.15) is 0 Å². The number of anilines is 1. The molecule has 1 unspecified atom stereocenters. The summed E-state index contributed by atoms with van der Waals surface area (Å²) in [5.41, 5.74) is 0.517. The molecule has 1 saturated heterocycles. The topological polar surface area (TPSA) is 69.6 Å². The molecule has 5 nitrogen and oxygen atoms in total. The zero-order valence-corrected chi connectivity index (χ0v) is 14.9. The summed E-state index contributed by atoms with van der Waals surface area (Å²) >= 11 is 11.9. The number of benzene rings is 1. The molecule has 0 spiro atoms. The summed E-state index contributed by atoms with van der Waals surface area (Å²) in [5, 5.41) is 12.7. The molecule has 0 aliphatic carbocycles. The van der Waals surface area contributed by atoms with Crippen LogP contribution in [0.5, 0.6) is 0 Å². The fourth-order valence-electron chi connectivity index (χ4n) is 2.53. The van der Waals surface area contributed by atoms with E-state index in [0.717, 1.165) is 0 Å². The van der Waals surface area contributed by atoms with Gasteiger partial charge in [0.15, 0.2) is 0 Å². The number of hydrogen-bond donors (Lipinski definition) is 2. The van der Waals surface area contributed by atoms with Gasteiger partial charge in [-0.3, -0.25) is 14.5 Å². The molecule has 1 aliphatic heterocycles. The van der Waals surface area contributed by atoms with Crippen LogP contribution in [-0.4, -0.2) is 41.0 Å². The summed E-state index contributed by atoms with van der Waals surface area (Å²) in [6.45, 7) is 3.00. The monoisotopic (exact) mass is 380 g/mol. The van der Waals surface area contributed by atoms with Gasteiger partial charge < -0.3 is 10.4 Å². The molecule has 1 heterocycles. The number of likely N-dealkylation sites (tertiary alicyclic amines) is 1. The summed E-state index contributed by atoms with van der Waals surface area (Å²) in [5.74, 6) is -1.24. The summed E-state index contributed by atoms with van der Waals surface area (Å²) in [6, 6.07) is 4.54. The number of rotatable bonds is 4. The highest BCUT2D eigenvalue weighted by atomic mass is 35.5. The molecule has 0 radical (unpaired) electrons. The number of piperidine rings is 1. The van der Waals surface area contributed by atoms with Crippen molar-refractivity contribution in [3.63, 3.8) is 0 Å². The van der Waals surface area contributed by atoms with Crippen LogP contribution >= 0.6 is 35.6 Å². The molecular formula is C15H19Cl3N2O3. The lowest BCUT2D eigenvalue weighted by atomic mass is 9.96. The number of nitrogens with zero attached hydrogens (tertiary/aromatic N) is 1. The number of carbonyl (C=O) groups excluding carboxylic acids is 1. The Hall–Kier alpha value is -1.01. The van der Waals surface area contributed by atoms with Crippen molar-refractivity contribution in [1.29, 1.82) is 0 Å². The lowest BCUT2D eigenvalue weighted by Crippen LogP contribution is -2.47. The molecule has 0 saturated carbocycles. The molecule has 0 aromatic heterocycles. The van der Waals surface area contributed by atoms with Crippen molar-refractivity contribution < 1.29 is 14.7 Å². The number of nitrogens with one attached hydrogen (secondary N) is 1. The summed E-state index contributed by atoms with van der Waals surface area (Å²) in [6.07, 6.45) is 1.13. The second kappa shape index (κ2) is 8.73. The van der Waals surface area contributed by atoms with Crippen LogP contribution in [0.4, 0.5) is 5.69 Å². The molecule has 0 bridgehead atoms. The van der Waals surface area contributed by atoms with Gasteiger partial charge in [0.05, 0.1) is 22.7 Å². The normalized spacial score (nSPS) is 17.2. The van der Waals surface area contributed by atoms with Crippen LogP contribution in [-0.2, 0) is 9.59 Å². The highest BCUT2D eigenvalue weighted by molar-refractivity contribution is 6.36. The molecule has 2 N–H and O–H groups in total. The highest BCUT2D eigenvalue weighted by Crippen LogP contribution is 2.26. The van der Waals surface area contributed by atoms with Gasteiger partial charge in [-0.1, -0.05) is 23.2 Å². The molecule has 1 amide bonds. The van der Waals surface area contributed by atoms with Crippen molar-refractivity contribution >= 4 is 53.2 Å². The average Bonchev–Trinajstić information content (AvgIpc) is 2.49. The van der Waals surface area contributed by atoms with Crippen molar-refractivity contribution in [3.8, 4) is 0 Å². The fraction of sp³-hybridized carbons (Fsp3) is 0.467. The van der Waals surface area contributed by atoms with E-state index < -0.39 is 5.97 Å². The predicted octanol–water partition coefficient (Wildman–Crippen LogP) is 3.54. The molecule has 1 aliphatic rings. The minimum atomic E-state index is -0.760. The van der Waals surface area contributed by atoms with Gasteiger partial charge in [0.1, 0.15) is 0 Å². The van der Waals surface area contributed by atoms with Gasteiger partial charge >= 0.3 is 5.97 Å². The van der Waals surface area contributed by atoms with E-state index in [1.165, 1.54) is 0 Å². The first-order valence-electron chi connectivity index (χ1n) is 7.11. The molecule has 128 valence electrons. The molecule has 1 fully saturated rings. The molecule has 23 heavy (non-hydrogen) atoms. The lowest BCUT2D eigenvalue weighted by Gasteiger charge is -2.33. The Morgan fingerprint density at radius 2 is 1.91 bits per heavy atom. The number of aliphatic carboxylic acids is 1. The first-order valence-corrected chi connectivity index (χ1v) is 7.87. The molecule has 1 aromatic rings. The van der Waals surface area contributed by atoms with Crippen molar-refractivity contribution in [2.24, 2.45) is 5.92 Å². The summed E-state index contributed by atoms with van der Waals surface area (Å²) in [7, 11) is 0. The molecule has 1 atom stereocenters. The summed E-state index contributed by atoms with van der Waals surface area (Å²) < 4.78 is 0. The molecular weight excluding hydrogens is 363 g/mol. The van der Waals surface area contributed by atoms with Gasteiger partial charge in [0, 0.05) is 5.02 Å².